The van der Waals surface area contributed by atoms with Crippen molar-refractivity contribution < 1.29 is 13.9 Å². The van der Waals surface area contributed by atoms with Gasteiger partial charge in [-0.05, 0) is 42.8 Å². The van der Waals surface area contributed by atoms with Crippen LogP contribution in [0, 0.1) is 0 Å². The molecular formula is C19H16BrNO3S. The Morgan fingerprint density at radius 1 is 1.24 bits per heavy atom. The number of carbonyl (C=O) groups is 1. The number of halogens is 1. The summed E-state index contributed by atoms with van der Waals surface area (Å²) in [5.74, 6) is 0.0934. The zero-order valence-corrected chi connectivity index (χ0v) is 16.0. The molecule has 1 heterocycles. The van der Waals surface area contributed by atoms with Crippen LogP contribution in [0.25, 0.3) is 17.2 Å². The molecule has 0 unspecified atom stereocenters. The lowest BCUT2D eigenvalue weighted by Gasteiger charge is -2.06. The molecule has 25 heavy (non-hydrogen) atoms. The maximum absolute atomic E-state index is 12.2. The van der Waals surface area contributed by atoms with Gasteiger partial charge < -0.3 is 9.15 Å². The lowest BCUT2D eigenvalue weighted by molar-refractivity contribution is -0.138. The molecule has 0 radical (unpaired) electrons. The molecule has 3 rings (SSSR count). The van der Waals surface area contributed by atoms with Crippen LogP contribution in [0.5, 0.6) is 0 Å². The van der Waals surface area contributed by atoms with Gasteiger partial charge in [0.15, 0.2) is 5.58 Å². The van der Waals surface area contributed by atoms with Gasteiger partial charge in [-0.3, -0.25) is 0 Å². The highest BCUT2D eigenvalue weighted by Crippen LogP contribution is 2.26. The van der Waals surface area contributed by atoms with Crippen LogP contribution >= 0.6 is 27.7 Å². The number of ether oxygens (including phenoxy) is 1. The summed E-state index contributed by atoms with van der Waals surface area (Å²) >= 11 is 4.78. The van der Waals surface area contributed by atoms with Crippen molar-refractivity contribution in [2.24, 2.45) is 0 Å². The Bertz CT molecular complexity index is 869. The second-order valence-corrected chi connectivity index (χ2v) is 7.02. The first-order valence-electron chi connectivity index (χ1n) is 7.77. The van der Waals surface area contributed by atoms with E-state index in [1.807, 2.05) is 54.6 Å². The third-order valence-corrected chi connectivity index (χ3v) is 4.78. The van der Waals surface area contributed by atoms with Crippen LogP contribution in [0.2, 0.25) is 0 Å². The van der Waals surface area contributed by atoms with E-state index in [1.54, 1.807) is 6.92 Å². The summed E-state index contributed by atoms with van der Waals surface area (Å²) in [7, 11) is 0. The average Bonchev–Trinajstić information content (AvgIpc) is 3.03. The zero-order valence-electron chi connectivity index (χ0n) is 13.6. The molecule has 3 aromatic rings. The Hall–Kier alpha value is -2.05. The van der Waals surface area contributed by atoms with E-state index in [0.717, 1.165) is 21.1 Å². The number of fused-ring (bicyclic) bond motifs is 1. The minimum atomic E-state index is -0.325. The van der Waals surface area contributed by atoms with E-state index in [1.165, 1.54) is 11.8 Å². The number of oxazole rings is 1. The summed E-state index contributed by atoms with van der Waals surface area (Å²) in [6, 6.07) is 15.3. The predicted octanol–water partition coefficient (Wildman–Crippen LogP) is 5.33. The van der Waals surface area contributed by atoms with Crippen molar-refractivity contribution in [2.75, 3.05) is 12.4 Å². The van der Waals surface area contributed by atoms with Gasteiger partial charge in [0.1, 0.15) is 5.52 Å². The second-order valence-electron chi connectivity index (χ2n) is 5.18. The molecule has 0 bridgehead atoms. The van der Waals surface area contributed by atoms with Crippen LogP contribution in [0.1, 0.15) is 12.5 Å². The van der Waals surface area contributed by atoms with Crippen molar-refractivity contribution in [3.8, 4) is 0 Å². The molecule has 6 heteroatoms. The molecule has 0 aliphatic carbocycles. The van der Waals surface area contributed by atoms with E-state index in [-0.39, 0.29) is 5.97 Å². The number of aromatic nitrogens is 1. The Morgan fingerprint density at radius 2 is 2.00 bits per heavy atom. The summed E-state index contributed by atoms with van der Waals surface area (Å²) in [6.07, 6.45) is 1.83. The molecule has 1 aromatic heterocycles. The van der Waals surface area contributed by atoms with Gasteiger partial charge in [-0.25, -0.2) is 9.78 Å². The molecule has 0 aliphatic heterocycles. The van der Waals surface area contributed by atoms with Crippen LogP contribution in [0.4, 0.5) is 0 Å². The van der Waals surface area contributed by atoms with Crippen LogP contribution < -0.4 is 0 Å². The summed E-state index contributed by atoms with van der Waals surface area (Å²) in [5.41, 5.74) is 3.04. The Balaban J connectivity index is 1.79. The number of esters is 1. The highest BCUT2D eigenvalue weighted by atomic mass is 79.9. The van der Waals surface area contributed by atoms with Crippen LogP contribution in [0.15, 0.2) is 68.2 Å². The fraction of sp³-hybridized carbons (Fsp3) is 0.158. The molecule has 4 nitrogen and oxygen atoms in total. The predicted molar refractivity (Wildman–Crippen MR) is 103 cm³/mol. The van der Waals surface area contributed by atoms with Gasteiger partial charge >= 0.3 is 5.97 Å². The quantitative estimate of drug-likeness (QED) is 0.308. The lowest BCUT2D eigenvalue weighted by Crippen LogP contribution is -2.09. The molecule has 0 N–H and O–H groups in total. The van der Waals surface area contributed by atoms with Crippen molar-refractivity contribution in [1.29, 1.82) is 0 Å². The number of rotatable bonds is 6. The Labute approximate surface area is 158 Å². The van der Waals surface area contributed by atoms with E-state index in [0.29, 0.717) is 23.2 Å². The molecule has 0 aliphatic rings. The van der Waals surface area contributed by atoms with Gasteiger partial charge in [0, 0.05) is 15.8 Å². The maximum atomic E-state index is 12.2. The van der Waals surface area contributed by atoms with Gasteiger partial charge in [0.25, 0.3) is 5.22 Å². The molecule has 0 atom stereocenters. The van der Waals surface area contributed by atoms with Crippen molar-refractivity contribution in [3.05, 3.63) is 64.1 Å². The summed E-state index contributed by atoms with van der Waals surface area (Å²) < 4.78 is 11.8. The van der Waals surface area contributed by atoms with Gasteiger partial charge in [-0.2, -0.15) is 0 Å². The van der Waals surface area contributed by atoms with Gasteiger partial charge in [0.05, 0.1) is 6.61 Å². The standard InChI is InChI=1S/C19H16BrNO3S/c1-2-23-18(22)14(11-13-7-9-15(20)10-8-13)12-25-19-21-16-5-3-4-6-17(16)24-19/h3-11H,2,12H2,1H3/b14-11+. The van der Waals surface area contributed by atoms with E-state index < -0.39 is 0 Å². The number of hydrogen-bond donors (Lipinski definition) is 0. The highest BCUT2D eigenvalue weighted by molar-refractivity contribution is 9.10. The fourth-order valence-electron chi connectivity index (χ4n) is 2.20. The van der Waals surface area contributed by atoms with Crippen molar-refractivity contribution in [3.63, 3.8) is 0 Å². The highest BCUT2D eigenvalue weighted by Gasteiger charge is 2.14. The first-order chi connectivity index (χ1) is 12.2. The number of carbonyl (C=O) groups excluding carboxylic acids is 1. The minimum absolute atomic E-state index is 0.325. The molecule has 128 valence electrons. The number of hydrogen-bond acceptors (Lipinski definition) is 5. The molecule has 0 saturated carbocycles. The lowest BCUT2D eigenvalue weighted by atomic mass is 10.1. The summed E-state index contributed by atoms with van der Waals surface area (Å²) in [4.78, 5) is 16.7. The third-order valence-electron chi connectivity index (χ3n) is 3.37. The largest absolute Gasteiger partial charge is 0.463 e. The number of para-hydroxylation sites is 2. The second kappa shape index (κ2) is 8.36. The number of thioether (sulfide) groups is 1. The van der Waals surface area contributed by atoms with Crippen molar-refractivity contribution in [1.82, 2.24) is 4.98 Å². The number of benzene rings is 2. The normalized spacial score (nSPS) is 11.7. The minimum Gasteiger partial charge on any atom is -0.463 e. The molecule has 0 saturated heterocycles. The number of nitrogens with zero attached hydrogens (tertiary/aromatic N) is 1. The van der Waals surface area contributed by atoms with Crippen molar-refractivity contribution >= 4 is 50.8 Å². The van der Waals surface area contributed by atoms with Crippen LogP contribution in [-0.4, -0.2) is 23.3 Å². The molecule has 0 fully saturated rings. The van der Waals surface area contributed by atoms with Crippen LogP contribution in [0.3, 0.4) is 0 Å². The molecule has 0 spiro atoms. The SMILES string of the molecule is CCOC(=O)/C(=C/c1ccc(Br)cc1)CSc1nc2ccccc2o1. The van der Waals surface area contributed by atoms with E-state index in [4.69, 9.17) is 9.15 Å². The zero-order chi connectivity index (χ0) is 17.6. The molecule has 0 amide bonds. The third kappa shape index (κ3) is 4.74. The first kappa shape index (κ1) is 17.8. The first-order valence-corrected chi connectivity index (χ1v) is 9.55. The molecule has 2 aromatic carbocycles. The van der Waals surface area contributed by atoms with Gasteiger partial charge in [-0.1, -0.05) is 52.0 Å². The Morgan fingerprint density at radius 3 is 2.72 bits per heavy atom. The van der Waals surface area contributed by atoms with E-state index in [9.17, 15) is 4.79 Å². The van der Waals surface area contributed by atoms with Crippen LogP contribution in [-0.2, 0) is 9.53 Å². The van der Waals surface area contributed by atoms with Gasteiger partial charge in [0.2, 0.25) is 0 Å². The summed E-state index contributed by atoms with van der Waals surface area (Å²) in [6.45, 7) is 2.13. The summed E-state index contributed by atoms with van der Waals surface area (Å²) in [5, 5.41) is 0.534. The molecular weight excluding hydrogens is 402 g/mol. The van der Waals surface area contributed by atoms with E-state index in [2.05, 4.69) is 20.9 Å². The van der Waals surface area contributed by atoms with Gasteiger partial charge in [-0.15, -0.1) is 0 Å². The Kier molecular flexibility index (Phi) is 5.94. The maximum Gasteiger partial charge on any atom is 0.334 e. The topological polar surface area (TPSA) is 52.3 Å². The monoisotopic (exact) mass is 417 g/mol. The van der Waals surface area contributed by atoms with E-state index >= 15 is 0 Å². The average molecular weight is 418 g/mol. The van der Waals surface area contributed by atoms with Crippen molar-refractivity contribution in [2.45, 2.75) is 12.1 Å². The fourth-order valence-corrected chi connectivity index (χ4v) is 3.25. The smallest absolute Gasteiger partial charge is 0.334 e.